The summed E-state index contributed by atoms with van der Waals surface area (Å²) in [6.07, 6.45) is -2.60. The number of anilines is 1. The summed E-state index contributed by atoms with van der Waals surface area (Å²) in [5.41, 5.74) is 5.01. The number of urea groups is 1. The van der Waals surface area contributed by atoms with E-state index in [1.807, 2.05) is 56.3 Å². The number of benzene rings is 3. The minimum atomic E-state index is -4.75. The van der Waals surface area contributed by atoms with E-state index in [-0.39, 0.29) is 23.3 Å². The van der Waals surface area contributed by atoms with Crippen LogP contribution in [-0.4, -0.2) is 50.5 Å². The minimum absolute atomic E-state index is 0.105. The average molecular weight is 623 g/mol. The van der Waals surface area contributed by atoms with Gasteiger partial charge in [-0.15, -0.1) is 18.3 Å². The first-order valence-corrected chi connectivity index (χ1v) is 14.7. The van der Waals surface area contributed by atoms with Crippen molar-refractivity contribution in [3.63, 3.8) is 0 Å². The number of carbonyl (C=O) groups is 2. The molecule has 1 N–H and O–H groups in total. The van der Waals surface area contributed by atoms with Crippen LogP contribution in [0.4, 0.5) is 23.7 Å². The molecule has 0 radical (unpaired) electrons. The number of hydrogen-bond donors (Lipinski definition) is 1. The van der Waals surface area contributed by atoms with Crippen molar-refractivity contribution in [3.8, 4) is 22.8 Å². The minimum Gasteiger partial charge on any atom is -0.406 e. The zero-order chi connectivity index (χ0) is 31.4. The number of halogens is 3. The third-order valence-electron chi connectivity index (χ3n) is 7.04. The van der Waals surface area contributed by atoms with E-state index in [1.54, 1.807) is 0 Å². The fraction of sp³-hybridized carbons (Fsp3) is 0.258. The van der Waals surface area contributed by atoms with Crippen LogP contribution >= 0.6 is 11.8 Å². The molecule has 228 valence electrons. The lowest BCUT2D eigenvalue weighted by Gasteiger charge is -2.20. The molecule has 1 aliphatic rings. The Morgan fingerprint density at radius 3 is 2.41 bits per heavy atom. The van der Waals surface area contributed by atoms with Gasteiger partial charge in [0.2, 0.25) is 5.91 Å². The number of amidine groups is 1. The Hall–Kier alpha value is -4.65. The van der Waals surface area contributed by atoms with Crippen molar-refractivity contribution >= 4 is 34.6 Å². The number of thioether (sulfide) groups is 1. The van der Waals surface area contributed by atoms with Gasteiger partial charge in [-0.3, -0.25) is 9.69 Å². The largest absolute Gasteiger partial charge is 0.573 e. The van der Waals surface area contributed by atoms with E-state index in [9.17, 15) is 22.8 Å². The van der Waals surface area contributed by atoms with Gasteiger partial charge in [-0.2, -0.15) is 4.99 Å². The number of nitrogens with zero attached hydrogens (tertiary/aromatic N) is 5. The number of alkyl halides is 3. The predicted octanol–water partition coefficient (Wildman–Crippen LogP) is 6.79. The quantitative estimate of drug-likeness (QED) is 0.232. The van der Waals surface area contributed by atoms with Crippen molar-refractivity contribution in [1.29, 1.82) is 0 Å². The van der Waals surface area contributed by atoms with Crippen molar-refractivity contribution in [3.05, 3.63) is 89.7 Å². The van der Waals surface area contributed by atoms with E-state index in [0.717, 1.165) is 27.9 Å². The fourth-order valence-corrected chi connectivity index (χ4v) is 5.64. The Labute approximate surface area is 256 Å². The van der Waals surface area contributed by atoms with E-state index >= 15 is 0 Å². The second kappa shape index (κ2) is 12.9. The Balaban J connectivity index is 1.15. The maximum absolute atomic E-state index is 12.6. The van der Waals surface area contributed by atoms with Gasteiger partial charge < -0.3 is 10.1 Å². The summed E-state index contributed by atoms with van der Waals surface area (Å²) in [5, 5.41) is 7.64. The molecule has 9 nitrogen and oxygen atoms in total. The molecule has 3 aromatic carbocycles. The molecule has 0 bridgehead atoms. The van der Waals surface area contributed by atoms with Crippen LogP contribution in [0.2, 0.25) is 0 Å². The van der Waals surface area contributed by atoms with Crippen LogP contribution in [0.15, 0.2) is 78.0 Å². The van der Waals surface area contributed by atoms with Crippen LogP contribution in [0.3, 0.4) is 0 Å². The van der Waals surface area contributed by atoms with E-state index in [0.29, 0.717) is 29.6 Å². The Morgan fingerprint density at radius 2 is 1.75 bits per heavy atom. The molecule has 2 heterocycles. The number of rotatable bonds is 8. The molecule has 5 rings (SSSR count). The molecule has 1 unspecified atom stereocenters. The Kier molecular flexibility index (Phi) is 9.04. The molecule has 44 heavy (non-hydrogen) atoms. The molecule has 0 spiro atoms. The lowest BCUT2D eigenvalue weighted by Crippen LogP contribution is -2.32. The first-order chi connectivity index (χ1) is 21.0. The molecule has 1 aromatic heterocycles. The smallest absolute Gasteiger partial charge is 0.406 e. The normalized spacial score (nSPS) is 15.1. The maximum Gasteiger partial charge on any atom is 0.573 e. The first-order valence-electron chi connectivity index (χ1n) is 13.7. The number of aliphatic imine (C=N–C) groups is 1. The number of ether oxygens (including phenoxy) is 1. The number of hydrogen-bond acceptors (Lipinski definition) is 6. The van der Waals surface area contributed by atoms with E-state index < -0.39 is 12.4 Å². The molecule has 0 saturated carbocycles. The summed E-state index contributed by atoms with van der Waals surface area (Å²) in [4.78, 5) is 35.3. The first kappa shape index (κ1) is 30.8. The van der Waals surface area contributed by atoms with Gasteiger partial charge in [0.05, 0.1) is 17.1 Å². The lowest BCUT2D eigenvalue weighted by molar-refractivity contribution is -0.274. The fourth-order valence-electron chi connectivity index (χ4n) is 4.79. The highest BCUT2D eigenvalue weighted by atomic mass is 32.2. The standard InChI is InChI=1S/C31H29F3N6O3S/c1-19(15-16-35-29(42)37-30-40(26(41)17-44-30)27-20(2)5-4-6-21(27)3)22-7-9-23(10-8-22)28-36-18-39(38-28)24-11-13-25(14-12-24)43-31(32,33)34/h4-14,18-19H,15-17H2,1-3H3,(H,35,42)/b37-30-. The number of amides is 3. The Bertz CT molecular complexity index is 1670. The summed E-state index contributed by atoms with van der Waals surface area (Å²) in [5.74, 6) is 0.407. The van der Waals surface area contributed by atoms with Crippen LogP contribution in [-0.2, 0) is 4.79 Å². The molecule has 1 aliphatic heterocycles. The van der Waals surface area contributed by atoms with Crippen molar-refractivity contribution < 1.29 is 27.5 Å². The van der Waals surface area contributed by atoms with E-state index in [4.69, 9.17) is 0 Å². The molecular weight excluding hydrogens is 593 g/mol. The van der Waals surface area contributed by atoms with Crippen molar-refractivity contribution in [2.75, 3.05) is 17.2 Å². The second-order valence-corrected chi connectivity index (χ2v) is 11.2. The van der Waals surface area contributed by atoms with Crippen LogP contribution in [0, 0.1) is 13.8 Å². The summed E-state index contributed by atoms with van der Waals surface area (Å²) in [6, 6.07) is 18.4. The number of aryl methyl sites for hydroxylation is 2. The molecule has 1 saturated heterocycles. The monoisotopic (exact) mass is 622 g/mol. The van der Waals surface area contributed by atoms with Crippen molar-refractivity contribution in [1.82, 2.24) is 20.1 Å². The summed E-state index contributed by atoms with van der Waals surface area (Å²) >= 11 is 1.25. The van der Waals surface area contributed by atoms with Gasteiger partial charge in [-0.1, -0.05) is 61.2 Å². The number of para-hydroxylation sites is 1. The zero-order valence-corrected chi connectivity index (χ0v) is 24.9. The predicted molar refractivity (Wildman–Crippen MR) is 163 cm³/mol. The summed E-state index contributed by atoms with van der Waals surface area (Å²) < 4.78 is 42.6. The highest BCUT2D eigenvalue weighted by molar-refractivity contribution is 8.15. The van der Waals surface area contributed by atoms with Crippen LogP contribution < -0.4 is 15.0 Å². The third-order valence-corrected chi connectivity index (χ3v) is 7.97. The third kappa shape index (κ3) is 7.28. The molecule has 1 atom stereocenters. The summed E-state index contributed by atoms with van der Waals surface area (Å²) in [7, 11) is 0. The Morgan fingerprint density at radius 1 is 1.07 bits per heavy atom. The summed E-state index contributed by atoms with van der Waals surface area (Å²) in [6.45, 7) is 6.31. The van der Waals surface area contributed by atoms with Gasteiger partial charge in [0.25, 0.3) is 0 Å². The van der Waals surface area contributed by atoms with Gasteiger partial charge in [0.15, 0.2) is 11.0 Å². The van der Waals surface area contributed by atoms with Gasteiger partial charge >= 0.3 is 12.4 Å². The second-order valence-electron chi connectivity index (χ2n) is 10.3. The SMILES string of the molecule is Cc1cccc(C)c1N1C(=O)CS/C1=N\C(=O)NCCC(C)c1ccc(-c2ncn(-c3ccc(OC(F)(F)F)cc3)n2)cc1. The van der Waals surface area contributed by atoms with Gasteiger partial charge in [0.1, 0.15) is 12.1 Å². The highest BCUT2D eigenvalue weighted by Crippen LogP contribution is 2.32. The number of aromatic nitrogens is 3. The number of nitrogens with one attached hydrogen (secondary N) is 1. The number of carbonyl (C=O) groups excluding carboxylic acids is 2. The molecule has 0 aliphatic carbocycles. The topological polar surface area (TPSA) is 102 Å². The highest BCUT2D eigenvalue weighted by Gasteiger charge is 2.32. The maximum atomic E-state index is 12.6. The van der Waals surface area contributed by atoms with Gasteiger partial charge in [-0.05, 0) is 67.1 Å². The molecule has 4 aromatic rings. The molecular formula is C31H29F3N6O3S. The molecule has 1 fully saturated rings. The van der Waals surface area contributed by atoms with Gasteiger partial charge in [0, 0.05) is 12.1 Å². The van der Waals surface area contributed by atoms with Crippen LogP contribution in [0.1, 0.15) is 36.0 Å². The van der Waals surface area contributed by atoms with Crippen LogP contribution in [0.5, 0.6) is 5.75 Å². The van der Waals surface area contributed by atoms with Crippen molar-refractivity contribution in [2.45, 2.75) is 39.5 Å². The van der Waals surface area contributed by atoms with Crippen LogP contribution in [0.25, 0.3) is 17.1 Å². The molecule has 13 heteroatoms. The molecule has 3 amide bonds. The van der Waals surface area contributed by atoms with Crippen molar-refractivity contribution in [2.24, 2.45) is 4.99 Å². The van der Waals surface area contributed by atoms with E-state index in [1.165, 1.54) is 51.9 Å². The van der Waals surface area contributed by atoms with Gasteiger partial charge in [-0.25, -0.2) is 14.5 Å². The lowest BCUT2D eigenvalue weighted by atomic mass is 9.96. The zero-order valence-electron chi connectivity index (χ0n) is 24.1. The van der Waals surface area contributed by atoms with E-state index in [2.05, 4.69) is 32.1 Å². The average Bonchev–Trinajstić information content (AvgIpc) is 3.60.